The van der Waals surface area contributed by atoms with Crippen LogP contribution in [0.1, 0.15) is 21.5 Å². The molecule has 2 rings (SSSR count). The SMILES string of the molecule is Cc1ccc(Oc2cc(C(=O)O)cc(Cl)n2)c(C)c1. The maximum absolute atomic E-state index is 10.9. The van der Waals surface area contributed by atoms with E-state index in [2.05, 4.69) is 4.98 Å². The van der Waals surface area contributed by atoms with Crippen LogP contribution in [0.15, 0.2) is 30.3 Å². The van der Waals surface area contributed by atoms with Crippen LogP contribution in [0.2, 0.25) is 5.15 Å². The van der Waals surface area contributed by atoms with Crippen molar-refractivity contribution in [3.8, 4) is 11.6 Å². The van der Waals surface area contributed by atoms with Crippen LogP contribution in [-0.2, 0) is 0 Å². The third-order valence-corrected chi connectivity index (χ3v) is 2.76. The fourth-order valence-electron chi connectivity index (χ4n) is 1.68. The smallest absolute Gasteiger partial charge is 0.335 e. The van der Waals surface area contributed by atoms with Crippen molar-refractivity contribution in [3.05, 3.63) is 52.2 Å². The molecule has 0 bridgehead atoms. The zero-order valence-corrected chi connectivity index (χ0v) is 11.2. The molecule has 5 heteroatoms. The topological polar surface area (TPSA) is 59.4 Å². The molecule has 0 fully saturated rings. The van der Waals surface area contributed by atoms with Crippen molar-refractivity contribution in [2.24, 2.45) is 0 Å². The molecule has 0 atom stereocenters. The quantitative estimate of drug-likeness (QED) is 0.866. The van der Waals surface area contributed by atoms with Crippen molar-refractivity contribution in [1.82, 2.24) is 4.98 Å². The van der Waals surface area contributed by atoms with Crippen molar-refractivity contribution >= 4 is 17.6 Å². The van der Waals surface area contributed by atoms with Gasteiger partial charge in [-0.1, -0.05) is 29.3 Å². The van der Waals surface area contributed by atoms with E-state index in [1.54, 1.807) is 0 Å². The van der Waals surface area contributed by atoms with Crippen LogP contribution in [-0.4, -0.2) is 16.1 Å². The van der Waals surface area contributed by atoms with Crippen molar-refractivity contribution < 1.29 is 14.6 Å². The summed E-state index contributed by atoms with van der Waals surface area (Å²) < 4.78 is 5.58. The summed E-state index contributed by atoms with van der Waals surface area (Å²) in [5, 5.41) is 9.03. The fourth-order valence-corrected chi connectivity index (χ4v) is 1.88. The van der Waals surface area contributed by atoms with Crippen LogP contribution in [0.4, 0.5) is 0 Å². The van der Waals surface area contributed by atoms with E-state index in [4.69, 9.17) is 21.4 Å². The van der Waals surface area contributed by atoms with E-state index in [-0.39, 0.29) is 16.6 Å². The highest BCUT2D eigenvalue weighted by molar-refractivity contribution is 6.29. The Hall–Kier alpha value is -2.07. The van der Waals surface area contributed by atoms with Gasteiger partial charge in [0.25, 0.3) is 0 Å². The number of carboxylic acid groups (broad SMARTS) is 1. The summed E-state index contributed by atoms with van der Waals surface area (Å²) in [7, 11) is 0. The van der Waals surface area contributed by atoms with Crippen molar-refractivity contribution in [2.45, 2.75) is 13.8 Å². The lowest BCUT2D eigenvalue weighted by Gasteiger charge is -2.09. The predicted octanol–water partition coefficient (Wildman–Crippen LogP) is 3.84. The molecular formula is C14H12ClNO3. The molecule has 2 aromatic rings. The summed E-state index contributed by atoms with van der Waals surface area (Å²) in [5.41, 5.74) is 2.11. The number of nitrogens with zero attached hydrogens (tertiary/aromatic N) is 1. The van der Waals surface area contributed by atoms with Crippen molar-refractivity contribution in [3.63, 3.8) is 0 Å². The number of benzene rings is 1. The largest absolute Gasteiger partial charge is 0.478 e. The van der Waals surface area contributed by atoms with Gasteiger partial charge < -0.3 is 9.84 Å². The number of pyridine rings is 1. The summed E-state index contributed by atoms with van der Waals surface area (Å²) in [4.78, 5) is 14.9. The summed E-state index contributed by atoms with van der Waals surface area (Å²) in [6, 6.07) is 8.31. The molecule has 0 radical (unpaired) electrons. The molecule has 0 saturated carbocycles. The maximum Gasteiger partial charge on any atom is 0.335 e. The van der Waals surface area contributed by atoms with Gasteiger partial charge in [0.1, 0.15) is 10.9 Å². The zero-order chi connectivity index (χ0) is 14.0. The first-order valence-corrected chi connectivity index (χ1v) is 5.99. The number of ether oxygens (including phenoxy) is 1. The average Bonchev–Trinajstić information content (AvgIpc) is 2.32. The van der Waals surface area contributed by atoms with E-state index < -0.39 is 5.97 Å². The van der Waals surface area contributed by atoms with E-state index in [1.165, 1.54) is 12.1 Å². The van der Waals surface area contributed by atoms with Crippen molar-refractivity contribution in [1.29, 1.82) is 0 Å². The van der Waals surface area contributed by atoms with E-state index in [0.717, 1.165) is 11.1 Å². The van der Waals surface area contributed by atoms with E-state index >= 15 is 0 Å². The molecule has 19 heavy (non-hydrogen) atoms. The van der Waals surface area contributed by atoms with Gasteiger partial charge in [-0.2, -0.15) is 0 Å². The highest BCUT2D eigenvalue weighted by atomic mass is 35.5. The molecule has 0 aliphatic heterocycles. The average molecular weight is 278 g/mol. The molecule has 1 aromatic carbocycles. The highest BCUT2D eigenvalue weighted by Crippen LogP contribution is 2.26. The van der Waals surface area contributed by atoms with Crippen molar-refractivity contribution in [2.75, 3.05) is 0 Å². The number of carboxylic acids is 1. The molecule has 0 aliphatic carbocycles. The number of aromatic nitrogens is 1. The second-order valence-corrected chi connectivity index (χ2v) is 4.58. The van der Waals surface area contributed by atoms with Gasteiger partial charge in [-0.05, 0) is 31.5 Å². The Labute approximate surface area is 115 Å². The summed E-state index contributed by atoms with van der Waals surface area (Å²) in [5.74, 6) is -0.289. The number of halogens is 1. The molecular weight excluding hydrogens is 266 g/mol. The highest BCUT2D eigenvalue weighted by Gasteiger charge is 2.10. The van der Waals surface area contributed by atoms with Gasteiger partial charge in [0, 0.05) is 6.07 Å². The van der Waals surface area contributed by atoms with Crippen LogP contribution in [0.5, 0.6) is 11.6 Å². The van der Waals surface area contributed by atoms with Gasteiger partial charge in [-0.15, -0.1) is 0 Å². The first-order valence-electron chi connectivity index (χ1n) is 5.61. The van der Waals surface area contributed by atoms with E-state index in [0.29, 0.717) is 5.75 Å². The molecule has 1 N–H and O–H groups in total. The summed E-state index contributed by atoms with van der Waals surface area (Å²) in [6.45, 7) is 3.89. The Bertz CT molecular complexity index is 641. The number of aryl methyl sites for hydroxylation is 2. The lowest BCUT2D eigenvalue weighted by Crippen LogP contribution is -1.99. The van der Waals surface area contributed by atoms with Gasteiger partial charge >= 0.3 is 5.97 Å². The van der Waals surface area contributed by atoms with Crippen LogP contribution in [0, 0.1) is 13.8 Å². The molecule has 1 aromatic heterocycles. The van der Waals surface area contributed by atoms with Crippen LogP contribution in [0.3, 0.4) is 0 Å². The first kappa shape index (κ1) is 13.4. The number of aromatic carboxylic acids is 1. The van der Waals surface area contributed by atoms with Gasteiger partial charge in [0.2, 0.25) is 5.88 Å². The molecule has 0 spiro atoms. The second kappa shape index (κ2) is 5.28. The van der Waals surface area contributed by atoms with Crippen LogP contribution < -0.4 is 4.74 Å². The number of rotatable bonds is 3. The molecule has 1 heterocycles. The molecule has 0 aliphatic rings. The minimum Gasteiger partial charge on any atom is -0.478 e. The normalized spacial score (nSPS) is 10.3. The fraction of sp³-hybridized carbons (Fsp3) is 0.143. The standard InChI is InChI=1S/C14H12ClNO3/c1-8-3-4-11(9(2)5-8)19-13-7-10(14(17)18)6-12(15)16-13/h3-7H,1-2H3,(H,17,18). The van der Waals surface area contributed by atoms with E-state index in [1.807, 2.05) is 32.0 Å². The lowest BCUT2D eigenvalue weighted by molar-refractivity contribution is 0.0696. The molecule has 0 amide bonds. The molecule has 0 unspecified atom stereocenters. The van der Waals surface area contributed by atoms with Gasteiger partial charge in [-0.3, -0.25) is 0 Å². The number of hydrogen-bond donors (Lipinski definition) is 1. The molecule has 4 nitrogen and oxygen atoms in total. The third-order valence-electron chi connectivity index (χ3n) is 2.56. The maximum atomic E-state index is 10.9. The first-order chi connectivity index (χ1) is 8.95. The van der Waals surface area contributed by atoms with Crippen LogP contribution in [0.25, 0.3) is 0 Å². The van der Waals surface area contributed by atoms with Gasteiger partial charge in [0.15, 0.2) is 0 Å². The van der Waals surface area contributed by atoms with Gasteiger partial charge in [0.05, 0.1) is 5.56 Å². The minimum atomic E-state index is -1.07. The number of hydrogen-bond acceptors (Lipinski definition) is 3. The Morgan fingerprint density at radius 2 is 2.00 bits per heavy atom. The zero-order valence-electron chi connectivity index (χ0n) is 10.5. The Kier molecular flexibility index (Phi) is 3.71. The van der Waals surface area contributed by atoms with Crippen LogP contribution >= 0.6 is 11.6 Å². The number of carbonyl (C=O) groups is 1. The van der Waals surface area contributed by atoms with Gasteiger partial charge in [-0.25, -0.2) is 9.78 Å². The Morgan fingerprint density at radius 1 is 1.26 bits per heavy atom. The lowest BCUT2D eigenvalue weighted by atomic mass is 10.1. The summed E-state index contributed by atoms with van der Waals surface area (Å²) in [6.07, 6.45) is 0. The second-order valence-electron chi connectivity index (χ2n) is 4.19. The Balaban J connectivity index is 2.35. The van der Waals surface area contributed by atoms with E-state index in [9.17, 15) is 4.79 Å². The Morgan fingerprint density at radius 3 is 2.63 bits per heavy atom. The molecule has 0 saturated heterocycles. The summed E-state index contributed by atoms with van der Waals surface area (Å²) >= 11 is 5.77. The monoisotopic (exact) mass is 277 g/mol. The minimum absolute atomic E-state index is 0.0414. The third kappa shape index (κ3) is 3.23. The molecule has 98 valence electrons. The predicted molar refractivity (Wildman–Crippen MR) is 72.2 cm³/mol.